The fraction of sp³-hybridized carbons (Fsp3) is 0.714. The first-order valence-electron chi connectivity index (χ1n) is 11.2. The summed E-state index contributed by atoms with van der Waals surface area (Å²) in [5.74, 6) is -2.86. The fourth-order valence-corrected chi connectivity index (χ4v) is 4.92. The molecule has 0 amide bonds. The van der Waals surface area contributed by atoms with Crippen molar-refractivity contribution in [1.29, 1.82) is 0 Å². The molecule has 0 aromatic carbocycles. The highest BCUT2D eigenvalue weighted by Crippen LogP contribution is 2.34. The second kappa shape index (κ2) is 11.2. The van der Waals surface area contributed by atoms with E-state index < -0.39 is 71.3 Å². The first-order valence-corrected chi connectivity index (χ1v) is 18.0. The molecule has 2 aliphatic rings. The number of hydrogen-bond donors (Lipinski definition) is 0. The monoisotopic (exact) mass is 534 g/mol. The van der Waals surface area contributed by atoms with Gasteiger partial charge in [-0.05, 0) is 39.3 Å². The molecule has 11 nitrogen and oxygen atoms in total. The van der Waals surface area contributed by atoms with Crippen molar-refractivity contribution in [2.75, 3.05) is 6.61 Å². The number of hydrogen-bond acceptors (Lipinski definition) is 11. The molecule has 14 heteroatoms. The van der Waals surface area contributed by atoms with Gasteiger partial charge in [-0.2, -0.15) is 9.38 Å². The van der Waals surface area contributed by atoms with Crippen molar-refractivity contribution in [2.45, 2.75) is 90.9 Å². The normalized spacial score (nSPS) is 27.0. The molecule has 0 aliphatic carbocycles. The van der Waals surface area contributed by atoms with E-state index in [0.29, 0.717) is 0 Å². The van der Waals surface area contributed by atoms with Crippen molar-refractivity contribution in [3.05, 3.63) is 12.0 Å². The predicted octanol–water partition coefficient (Wildman–Crippen LogP) is 2.65. The third-order valence-corrected chi connectivity index (χ3v) is 6.17. The van der Waals surface area contributed by atoms with Gasteiger partial charge in [-0.25, -0.2) is 0 Å². The summed E-state index contributed by atoms with van der Waals surface area (Å²) < 4.78 is 49.1. The SMILES string of the molecule is CC(=O)OC[C@H]1O[C@@H](N2C=C(F)C(O[Si](C)(C)C)=NC2O[Si](C)(C)C)[C@H](OC(C)=O)[C@@H]1OC(C)=O. The minimum Gasteiger partial charge on any atom is -0.530 e. The van der Waals surface area contributed by atoms with Gasteiger partial charge >= 0.3 is 17.9 Å². The Balaban J connectivity index is 2.50. The lowest BCUT2D eigenvalue weighted by Crippen LogP contribution is -2.53. The number of carbonyl (C=O) groups is 3. The third kappa shape index (κ3) is 8.70. The Morgan fingerprint density at radius 2 is 1.54 bits per heavy atom. The quantitative estimate of drug-likeness (QED) is 0.261. The summed E-state index contributed by atoms with van der Waals surface area (Å²) in [6.45, 7) is 14.8. The van der Waals surface area contributed by atoms with Gasteiger partial charge in [0.2, 0.25) is 20.6 Å². The molecule has 2 heterocycles. The second-order valence-corrected chi connectivity index (χ2v) is 19.0. The van der Waals surface area contributed by atoms with Crippen LogP contribution in [0.1, 0.15) is 20.8 Å². The fourth-order valence-electron chi connectivity index (χ4n) is 3.38. The molecule has 0 bridgehead atoms. The van der Waals surface area contributed by atoms with Crippen LogP contribution in [-0.4, -0.2) is 82.8 Å². The summed E-state index contributed by atoms with van der Waals surface area (Å²) in [6.07, 6.45) is -4.44. The van der Waals surface area contributed by atoms with E-state index in [4.69, 9.17) is 27.8 Å². The van der Waals surface area contributed by atoms with Gasteiger partial charge in [0.05, 0.1) is 0 Å². The van der Waals surface area contributed by atoms with Crippen molar-refractivity contribution in [2.24, 2.45) is 4.99 Å². The van der Waals surface area contributed by atoms with Crippen LogP contribution in [0.5, 0.6) is 0 Å². The van der Waals surface area contributed by atoms with E-state index in [1.165, 1.54) is 25.7 Å². The molecule has 0 spiro atoms. The first kappa shape index (κ1) is 28.9. The number of nitrogens with zero attached hydrogens (tertiary/aromatic N) is 2. The molecule has 5 atom stereocenters. The van der Waals surface area contributed by atoms with Crippen LogP contribution in [0.25, 0.3) is 0 Å². The lowest BCUT2D eigenvalue weighted by molar-refractivity contribution is -0.171. The molecule has 0 N–H and O–H groups in total. The number of halogens is 1. The highest BCUT2D eigenvalue weighted by Gasteiger charge is 2.54. The lowest BCUT2D eigenvalue weighted by Gasteiger charge is -2.39. The Kier molecular flexibility index (Phi) is 9.24. The number of ether oxygens (including phenoxy) is 4. The number of aliphatic imine (C=N–C) groups is 1. The van der Waals surface area contributed by atoms with E-state index in [1.54, 1.807) is 0 Å². The van der Waals surface area contributed by atoms with Crippen LogP contribution in [0.4, 0.5) is 4.39 Å². The van der Waals surface area contributed by atoms with E-state index in [1.807, 2.05) is 39.3 Å². The summed E-state index contributed by atoms with van der Waals surface area (Å²) in [4.78, 5) is 40.8. The van der Waals surface area contributed by atoms with Gasteiger partial charge in [0.1, 0.15) is 12.7 Å². The van der Waals surface area contributed by atoms with Gasteiger partial charge in [0.15, 0.2) is 32.6 Å². The van der Waals surface area contributed by atoms with Crippen molar-refractivity contribution in [1.82, 2.24) is 4.90 Å². The highest BCUT2D eigenvalue weighted by molar-refractivity contribution is 6.71. The van der Waals surface area contributed by atoms with E-state index in [-0.39, 0.29) is 12.5 Å². The average Bonchev–Trinajstić information content (AvgIpc) is 2.96. The zero-order valence-electron chi connectivity index (χ0n) is 21.6. The molecule has 2 aliphatic heterocycles. The van der Waals surface area contributed by atoms with Crippen LogP contribution < -0.4 is 0 Å². The summed E-state index contributed by atoms with van der Waals surface area (Å²) in [5, 5.41) is 0. The van der Waals surface area contributed by atoms with Gasteiger partial charge in [-0.1, -0.05) is 0 Å². The van der Waals surface area contributed by atoms with Crippen molar-refractivity contribution >= 4 is 40.4 Å². The molecule has 1 fully saturated rings. The molecule has 35 heavy (non-hydrogen) atoms. The summed E-state index contributed by atoms with van der Waals surface area (Å²) in [6, 6.07) is 0. The predicted molar refractivity (Wildman–Crippen MR) is 128 cm³/mol. The number of carbonyl (C=O) groups excluding carboxylic acids is 3. The maximum atomic E-state index is 15.2. The maximum Gasteiger partial charge on any atom is 0.303 e. The summed E-state index contributed by atoms with van der Waals surface area (Å²) in [5.41, 5.74) is 0. The molecule has 1 unspecified atom stereocenters. The average molecular weight is 535 g/mol. The van der Waals surface area contributed by atoms with E-state index in [2.05, 4.69) is 4.99 Å². The molecule has 2 rings (SSSR count). The molecule has 1 saturated heterocycles. The second-order valence-electron chi connectivity index (χ2n) is 10.1. The van der Waals surface area contributed by atoms with Crippen LogP contribution in [0.15, 0.2) is 17.0 Å². The Hall–Kier alpha value is -2.30. The third-order valence-electron chi connectivity index (χ3n) is 4.45. The molecule has 0 aromatic heterocycles. The van der Waals surface area contributed by atoms with E-state index in [0.717, 1.165) is 6.20 Å². The van der Waals surface area contributed by atoms with Crippen molar-refractivity contribution < 1.29 is 46.6 Å². The highest BCUT2D eigenvalue weighted by atomic mass is 28.4. The van der Waals surface area contributed by atoms with Crippen molar-refractivity contribution in [3.8, 4) is 0 Å². The number of esters is 3. The zero-order valence-corrected chi connectivity index (χ0v) is 23.6. The van der Waals surface area contributed by atoms with E-state index >= 15 is 4.39 Å². The molecule has 198 valence electrons. The Morgan fingerprint density at radius 1 is 0.971 bits per heavy atom. The Labute approximate surface area is 206 Å². The minimum atomic E-state index is -2.25. The Morgan fingerprint density at radius 3 is 2.03 bits per heavy atom. The molecule has 0 radical (unpaired) electrons. The van der Waals surface area contributed by atoms with Crippen LogP contribution in [-0.2, 0) is 42.2 Å². The van der Waals surface area contributed by atoms with Gasteiger partial charge in [-0.3, -0.25) is 14.4 Å². The largest absolute Gasteiger partial charge is 0.530 e. The summed E-state index contributed by atoms with van der Waals surface area (Å²) >= 11 is 0. The summed E-state index contributed by atoms with van der Waals surface area (Å²) in [7, 11) is -4.46. The minimum absolute atomic E-state index is 0.182. The van der Waals surface area contributed by atoms with Crippen molar-refractivity contribution in [3.63, 3.8) is 0 Å². The number of rotatable bonds is 8. The van der Waals surface area contributed by atoms with Crippen LogP contribution >= 0.6 is 0 Å². The van der Waals surface area contributed by atoms with E-state index in [9.17, 15) is 14.4 Å². The van der Waals surface area contributed by atoms with Gasteiger partial charge in [0.25, 0.3) is 0 Å². The molecule has 0 saturated carbocycles. The van der Waals surface area contributed by atoms with Gasteiger partial charge < -0.3 is 32.7 Å². The van der Waals surface area contributed by atoms with Crippen LogP contribution in [0, 0.1) is 0 Å². The standard InChI is InChI=1S/C21H35FN2O9Si2/c1-12(25)28-11-16-17(29-13(2)26)18(30-14(3)27)20(31-16)24-10-15(22)19(32-34(4,5)6)23-21(24)33-35(7,8)9/h10,16-18,20-21H,11H2,1-9H3/t16-,17-,18-,20-,21?/m1/s1. The molecular formula is C21H35FN2O9Si2. The Bertz CT molecular complexity index is 885. The van der Waals surface area contributed by atoms with Crippen LogP contribution in [0.3, 0.4) is 0 Å². The van der Waals surface area contributed by atoms with Gasteiger partial charge in [0, 0.05) is 27.0 Å². The topological polar surface area (TPSA) is 122 Å². The van der Waals surface area contributed by atoms with Gasteiger partial charge in [-0.15, -0.1) is 0 Å². The molecular weight excluding hydrogens is 499 g/mol. The van der Waals surface area contributed by atoms with Crippen LogP contribution in [0.2, 0.25) is 39.3 Å². The first-order chi connectivity index (χ1) is 16.0. The maximum absolute atomic E-state index is 15.2. The zero-order chi connectivity index (χ0) is 26.7. The smallest absolute Gasteiger partial charge is 0.303 e. The molecule has 0 aromatic rings. The lowest BCUT2D eigenvalue weighted by atomic mass is 10.1.